The number of aryl methyl sites for hydroxylation is 9. The van der Waals surface area contributed by atoms with Crippen LogP contribution in [0.15, 0.2) is 237 Å². The SMILES string of the molecule is Cc1ccc(-c2nc(-c3ccc(C)cc3)nc(-c3ccc(C)cc3)n2)cc1.Cc1ccc(C=C(c2ccc(C)cc2)c2ccc(C)cc2)cc1.Cc1ccc(Oc2cc(Oc3ccc(C)cc3)cc(Oc3ccc(C)cc3)c2)cc1. The van der Waals surface area contributed by atoms with Crippen molar-refractivity contribution in [3.63, 3.8) is 0 Å². The van der Waals surface area contributed by atoms with Crippen LogP contribution in [-0.2, 0) is 0 Å². The molecule has 80 heavy (non-hydrogen) atoms. The molecule has 1 heterocycles. The van der Waals surface area contributed by atoms with Gasteiger partial charge in [-0.1, -0.05) is 232 Å². The Morgan fingerprint density at radius 2 is 0.463 bits per heavy atom. The Labute approximate surface area is 472 Å². The van der Waals surface area contributed by atoms with Gasteiger partial charge in [-0.2, -0.15) is 0 Å². The van der Waals surface area contributed by atoms with Gasteiger partial charge in [0.2, 0.25) is 0 Å². The molecule has 0 fully saturated rings. The molecule has 0 unspecified atom stereocenters. The number of hydrogen-bond acceptors (Lipinski definition) is 6. The van der Waals surface area contributed by atoms with Crippen molar-refractivity contribution in [2.24, 2.45) is 0 Å². The van der Waals surface area contributed by atoms with E-state index in [0.29, 0.717) is 34.7 Å². The summed E-state index contributed by atoms with van der Waals surface area (Å²) in [5, 5.41) is 0. The highest BCUT2D eigenvalue weighted by molar-refractivity contribution is 5.91. The maximum absolute atomic E-state index is 6.07. The fraction of sp³-hybridized carbons (Fsp3) is 0.122. The molecule has 0 radical (unpaired) electrons. The normalized spacial score (nSPS) is 10.6. The highest BCUT2D eigenvalue weighted by Crippen LogP contribution is 2.36. The van der Waals surface area contributed by atoms with Crippen LogP contribution in [0.3, 0.4) is 0 Å². The van der Waals surface area contributed by atoms with E-state index in [0.717, 1.165) is 33.9 Å². The molecule has 10 aromatic carbocycles. The lowest BCUT2D eigenvalue weighted by Gasteiger charge is -2.13. The summed E-state index contributed by atoms with van der Waals surface area (Å²) in [4.78, 5) is 14.3. The number of hydrogen-bond donors (Lipinski definition) is 0. The molecule has 0 aliphatic carbocycles. The molecule has 11 rings (SSSR count). The number of ether oxygens (including phenoxy) is 3. The van der Waals surface area contributed by atoms with Gasteiger partial charge in [0, 0.05) is 34.9 Å². The average molecular weight is 1050 g/mol. The van der Waals surface area contributed by atoms with Gasteiger partial charge in [0.25, 0.3) is 0 Å². The second-order valence-electron chi connectivity index (χ2n) is 20.5. The Hall–Kier alpha value is -9.65. The predicted octanol–water partition coefficient (Wildman–Crippen LogP) is 20.0. The number of benzene rings is 10. The van der Waals surface area contributed by atoms with Crippen LogP contribution in [0.4, 0.5) is 0 Å². The molecule has 0 saturated carbocycles. The van der Waals surface area contributed by atoms with Crippen molar-refractivity contribution in [1.82, 2.24) is 15.0 Å². The quantitative estimate of drug-likeness (QED) is 0.114. The van der Waals surface area contributed by atoms with Crippen LogP contribution in [0.25, 0.3) is 45.8 Å². The van der Waals surface area contributed by atoms with Crippen LogP contribution >= 0.6 is 0 Å². The highest BCUT2D eigenvalue weighted by atomic mass is 16.5. The summed E-state index contributed by atoms with van der Waals surface area (Å²) in [7, 11) is 0. The van der Waals surface area contributed by atoms with Crippen LogP contribution in [-0.4, -0.2) is 15.0 Å². The van der Waals surface area contributed by atoms with Crippen molar-refractivity contribution in [1.29, 1.82) is 0 Å². The van der Waals surface area contributed by atoms with Crippen LogP contribution in [0.2, 0.25) is 0 Å². The van der Waals surface area contributed by atoms with Crippen molar-refractivity contribution >= 4 is 11.6 Å². The first kappa shape index (κ1) is 55.1. The summed E-state index contributed by atoms with van der Waals surface area (Å²) in [5.74, 6) is 6.28. The first-order valence-corrected chi connectivity index (χ1v) is 27.0. The fourth-order valence-electron chi connectivity index (χ4n) is 8.45. The molecule has 0 aliphatic heterocycles. The molecule has 0 saturated heterocycles. The second-order valence-corrected chi connectivity index (χ2v) is 20.5. The minimum atomic E-state index is 0.644. The molecule has 0 amide bonds. The third-order valence-corrected chi connectivity index (χ3v) is 13.3. The Balaban J connectivity index is 0.000000146. The van der Waals surface area contributed by atoms with Gasteiger partial charge in [0.05, 0.1) is 0 Å². The van der Waals surface area contributed by atoms with Gasteiger partial charge in [0.15, 0.2) is 17.5 Å². The van der Waals surface area contributed by atoms with Gasteiger partial charge in [-0.15, -0.1) is 0 Å². The summed E-state index contributed by atoms with van der Waals surface area (Å²) in [5.41, 5.74) is 19.0. The van der Waals surface area contributed by atoms with E-state index in [9.17, 15) is 0 Å². The standard InChI is InChI=1S/C27H24O3.C24H21N3.C23H22/c1-19-4-10-22(11-5-19)28-25-16-26(29-23-12-6-20(2)7-13-23)18-27(17-25)30-24-14-8-21(3)9-15-24;1-16-4-10-19(11-5-16)22-25-23(20-12-6-17(2)7-13-20)27-24(26-22)21-14-8-18(3)9-15-21;1-17-4-10-20(11-5-17)16-23(21-12-6-18(2)7-13-21)22-14-8-19(3)9-15-22/h4-18H,1-3H3;4-15H,1-3H3;4-16H,1-3H3. The number of rotatable bonds is 12. The third-order valence-electron chi connectivity index (χ3n) is 13.3. The summed E-state index contributed by atoms with van der Waals surface area (Å²) in [6.07, 6.45) is 2.27. The molecule has 6 heteroatoms. The zero-order valence-corrected chi connectivity index (χ0v) is 47.2. The maximum atomic E-state index is 6.07. The molecule has 396 valence electrons. The average Bonchev–Trinajstić information content (AvgIpc) is 3.46. The maximum Gasteiger partial charge on any atom is 0.164 e. The van der Waals surface area contributed by atoms with E-state index in [-0.39, 0.29) is 0 Å². The summed E-state index contributed by atoms with van der Waals surface area (Å²) < 4.78 is 18.2. The molecule has 0 bridgehead atoms. The molecule has 0 aliphatic rings. The summed E-state index contributed by atoms with van der Waals surface area (Å²) >= 11 is 0. The van der Waals surface area contributed by atoms with E-state index in [1.165, 1.54) is 72.3 Å². The molecule has 0 spiro atoms. The molecule has 0 N–H and O–H groups in total. The van der Waals surface area contributed by atoms with Gasteiger partial charge in [-0.25, -0.2) is 15.0 Å². The summed E-state index contributed by atoms with van der Waals surface area (Å²) in [6, 6.07) is 80.4. The Morgan fingerprint density at radius 1 is 0.250 bits per heavy atom. The largest absolute Gasteiger partial charge is 0.457 e. The van der Waals surface area contributed by atoms with Crippen molar-refractivity contribution in [3.8, 4) is 68.7 Å². The Bertz CT molecular complexity index is 3440. The summed E-state index contributed by atoms with van der Waals surface area (Å²) in [6.45, 7) is 18.7. The Kier molecular flexibility index (Phi) is 18.0. The van der Waals surface area contributed by atoms with Gasteiger partial charge in [-0.05, 0) is 127 Å². The van der Waals surface area contributed by atoms with Crippen LogP contribution < -0.4 is 14.2 Å². The molecule has 6 nitrogen and oxygen atoms in total. The lowest BCUT2D eigenvalue weighted by Crippen LogP contribution is -2.00. The smallest absolute Gasteiger partial charge is 0.164 e. The minimum absolute atomic E-state index is 0.644. The van der Waals surface area contributed by atoms with Crippen molar-refractivity contribution in [3.05, 3.63) is 303 Å². The molecule has 1 aromatic heterocycles. The zero-order valence-electron chi connectivity index (χ0n) is 47.2. The fourth-order valence-corrected chi connectivity index (χ4v) is 8.45. The second kappa shape index (κ2) is 26.1. The predicted molar refractivity (Wildman–Crippen MR) is 331 cm³/mol. The minimum Gasteiger partial charge on any atom is -0.457 e. The van der Waals surface area contributed by atoms with E-state index >= 15 is 0 Å². The van der Waals surface area contributed by atoms with Crippen molar-refractivity contribution in [2.45, 2.75) is 62.3 Å². The number of aromatic nitrogens is 3. The highest BCUT2D eigenvalue weighted by Gasteiger charge is 2.13. The molecular weight excluding hydrogens is 979 g/mol. The van der Waals surface area contributed by atoms with E-state index < -0.39 is 0 Å². The molecule has 11 aromatic rings. The van der Waals surface area contributed by atoms with Crippen LogP contribution in [0.5, 0.6) is 34.5 Å². The van der Waals surface area contributed by atoms with E-state index in [1.54, 1.807) is 0 Å². The van der Waals surface area contributed by atoms with Gasteiger partial charge in [0.1, 0.15) is 34.5 Å². The van der Waals surface area contributed by atoms with E-state index in [1.807, 2.05) is 112 Å². The van der Waals surface area contributed by atoms with Gasteiger partial charge in [-0.3, -0.25) is 0 Å². The first-order valence-electron chi connectivity index (χ1n) is 27.0. The van der Waals surface area contributed by atoms with Crippen LogP contribution in [0, 0.1) is 62.3 Å². The van der Waals surface area contributed by atoms with E-state index in [2.05, 4.69) is 193 Å². The zero-order chi connectivity index (χ0) is 56.0. The topological polar surface area (TPSA) is 66.4 Å². The third kappa shape index (κ3) is 15.7. The van der Waals surface area contributed by atoms with Crippen LogP contribution in [0.1, 0.15) is 66.8 Å². The lowest BCUT2D eigenvalue weighted by atomic mass is 9.94. The van der Waals surface area contributed by atoms with Gasteiger partial charge < -0.3 is 14.2 Å². The van der Waals surface area contributed by atoms with Gasteiger partial charge >= 0.3 is 0 Å². The van der Waals surface area contributed by atoms with Crippen molar-refractivity contribution < 1.29 is 14.2 Å². The monoisotopic (exact) mass is 1050 g/mol. The first-order chi connectivity index (χ1) is 38.7. The lowest BCUT2D eigenvalue weighted by molar-refractivity contribution is 0.439. The number of nitrogens with zero attached hydrogens (tertiary/aromatic N) is 3. The molecular formula is C74H67N3O3. The van der Waals surface area contributed by atoms with E-state index in [4.69, 9.17) is 29.2 Å². The Morgan fingerprint density at radius 3 is 0.713 bits per heavy atom. The molecule has 0 atom stereocenters. The van der Waals surface area contributed by atoms with Crippen molar-refractivity contribution in [2.75, 3.05) is 0 Å².